The van der Waals surface area contributed by atoms with Crippen LogP contribution in [0.5, 0.6) is 0 Å². The van der Waals surface area contributed by atoms with Crippen molar-refractivity contribution in [3.05, 3.63) is 0 Å². The summed E-state index contributed by atoms with van der Waals surface area (Å²) in [5.74, 6) is 0.566. The molecule has 1 atom stereocenters. The van der Waals surface area contributed by atoms with Gasteiger partial charge in [0.25, 0.3) is 0 Å². The van der Waals surface area contributed by atoms with Gasteiger partial charge in [0.15, 0.2) is 0 Å². The molecule has 0 aromatic rings. The summed E-state index contributed by atoms with van der Waals surface area (Å²) in [5.41, 5.74) is 0. The third-order valence-electron chi connectivity index (χ3n) is 10.8. The van der Waals surface area contributed by atoms with Crippen molar-refractivity contribution in [2.45, 2.75) is 253 Å². The van der Waals surface area contributed by atoms with Crippen molar-refractivity contribution in [3.8, 4) is 0 Å². The maximum Gasteiger partial charge on any atom is 0.305 e. The van der Waals surface area contributed by atoms with E-state index in [0.717, 1.165) is 58.2 Å². The highest BCUT2D eigenvalue weighted by atomic mass is 16.5. The summed E-state index contributed by atoms with van der Waals surface area (Å²) in [5, 5.41) is 9.11. The van der Waals surface area contributed by atoms with Gasteiger partial charge in [-0.25, -0.2) is 0 Å². The smallest absolute Gasteiger partial charge is 0.305 e. The molecule has 1 N–H and O–H groups in total. The normalized spacial score (nSPS) is 11.8. The maximum atomic E-state index is 11.8. The molecule has 54 heavy (non-hydrogen) atoms. The van der Waals surface area contributed by atoms with Crippen molar-refractivity contribution in [2.75, 3.05) is 39.5 Å². The molecule has 0 fully saturated rings. The van der Waals surface area contributed by atoms with Crippen LogP contribution in [0.1, 0.15) is 253 Å². The average Bonchev–Trinajstić information content (AvgIpc) is 3.17. The van der Waals surface area contributed by atoms with E-state index in [1.807, 2.05) is 0 Å². The predicted molar refractivity (Wildman–Crippen MR) is 234 cm³/mol. The molecular weight excluding hydrogens is 671 g/mol. The quantitative estimate of drug-likeness (QED) is 0.0492. The lowest BCUT2D eigenvalue weighted by Gasteiger charge is -2.20. The van der Waals surface area contributed by atoms with E-state index in [0.29, 0.717) is 32.0 Å². The zero-order valence-corrected chi connectivity index (χ0v) is 37.4. The van der Waals surface area contributed by atoms with E-state index < -0.39 is 0 Å². The lowest BCUT2D eigenvalue weighted by molar-refractivity contribution is -0.145. The van der Waals surface area contributed by atoms with E-state index in [-0.39, 0.29) is 18.5 Å². The first-order valence-corrected chi connectivity index (χ1v) is 24.1. The Morgan fingerprint density at radius 3 is 1.30 bits per heavy atom. The van der Waals surface area contributed by atoms with Gasteiger partial charge in [0.2, 0.25) is 0 Å². The third kappa shape index (κ3) is 45.3. The van der Waals surface area contributed by atoms with Gasteiger partial charge < -0.3 is 19.5 Å². The van der Waals surface area contributed by atoms with E-state index in [2.05, 4.69) is 39.5 Å². The summed E-state index contributed by atoms with van der Waals surface area (Å²) in [6.45, 7) is 15.5. The van der Waals surface area contributed by atoms with Crippen LogP contribution in [0.4, 0.5) is 0 Å². The van der Waals surface area contributed by atoms with Gasteiger partial charge >= 0.3 is 11.9 Å². The summed E-state index contributed by atoms with van der Waals surface area (Å²) in [4.78, 5) is 25.9. The van der Waals surface area contributed by atoms with E-state index in [4.69, 9.17) is 14.6 Å². The van der Waals surface area contributed by atoms with E-state index in [1.165, 1.54) is 167 Å². The Hall–Kier alpha value is -1.14. The summed E-state index contributed by atoms with van der Waals surface area (Å²) < 4.78 is 10.9. The van der Waals surface area contributed by atoms with E-state index in [1.54, 1.807) is 0 Å². The van der Waals surface area contributed by atoms with Gasteiger partial charge in [-0.3, -0.25) is 9.59 Å². The van der Waals surface area contributed by atoms with E-state index in [9.17, 15) is 9.59 Å². The molecule has 6 nitrogen and oxygen atoms in total. The summed E-state index contributed by atoms with van der Waals surface area (Å²) in [6, 6.07) is 0. The highest BCUT2D eigenvalue weighted by molar-refractivity contribution is 5.69. The van der Waals surface area contributed by atoms with Gasteiger partial charge in [0.1, 0.15) is 0 Å². The fourth-order valence-electron chi connectivity index (χ4n) is 7.01. The molecule has 0 aromatic heterocycles. The van der Waals surface area contributed by atoms with Crippen LogP contribution >= 0.6 is 0 Å². The van der Waals surface area contributed by atoms with Crippen LogP contribution in [-0.2, 0) is 19.1 Å². The number of rotatable bonds is 42. The summed E-state index contributed by atoms with van der Waals surface area (Å²) in [6.07, 6.45) is 41.7. The maximum absolute atomic E-state index is 11.8. The fourth-order valence-corrected chi connectivity index (χ4v) is 7.01. The fraction of sp³-hybridized carbons (Fsp3) is 0.958. The molecule has 0 saturated heterocycles. The van der Waals surface area contributed by atoms with Gasteiger partial charge in [-0.2, -0.15) is 0 Å². The SMILES string of the molecule is CCCCCCCCCC(CCCCCCCC)COC(=O)CCCC.CCCCCCCCCCCCOC(=O)CCCCCN(CCO)CCCC. The van der Waals surface area contributed by atoms with Crippen molar-refractivity contribution in [3.63, 3.8) is 0 Å². The largest absolute Gasteiger partial charge is 0.466 e. The van der Waals surface area contributed by atoms with Crippen LogP contribution in [0.25, 0.3) is 0 Å². The first kappa shape index (κ1) is 55.0. The Kier molecular flexibility index (Phi) is 48.9. The predicted octanol–water partition coefficient (Wildman–Crippen LogP) is 14.3. The summed E-state index contributed by atoms with van der Waals surface area (Å²) in [7, 11) is 0. The molecule has 0 bridgehead atoms. The second-order valence-corrected chi connectivity index (χ2v) is 16.3. The van der Waals surface area contributed by atoms with Crippen LogP contribution in [-0.4, -0.2) is 61.4 Å². The van der Waals surface area contributed by atoms with Gasteiger partial charge in [-0.15, -0.1) is 0 Å². The van der Waals surface area contributed by atoms with Crippen molar-refractivity contribution in [1.82, 2.24) is 4.90 Å². The minimum Gasteiger partial charge on any atom is -0.466 e. The first-order chi connectivity index (χ1) is 26.5. The van der Waals surface area contributed by atoms with Crippen molar-refractivity contribution >= 4 is 11.9 Å². The number of aliphatic hydroxyl groups excluding tert-OH is 1. The molecule has 0 heterocycles. The van der Waals surface area contributed by atoms with Crippen molar-refractivity contribution in [2.24, 2.45) is 5.92 Å². The van der Waals surface area contributed by atoms with Crippen molar-refractivity contribution < 1.29 is 24.2 Å². The first-order valence-electron chi connectivity index (χ1n) is 24.1. The Morgan fingerprint density at radius 2 is 0.815 bits per heavy atom. The molecule has 0 spiro atoms. The summed E-state index contributed by atoms with van der Waals surface area (Å²) >= 11 is 0. The topological polar surface area (TPSA) is 76.1 Å². The van der Waals surface area contributed by atoms with Crippen LogP contribution in [0.15, 0.2) is 0 Å². The lowest BCUT2D eigenvalue weighted by atomic mass is 9.94. The number of hydrogen-bond donors (Lipinski definition) is 1. The minimum atomic E-state index is -0.0332. The zero-order valence-electron chi connectivity index (χ0n) is 37.4. The van der Waals surface area contributed by atoms with Crippen LogP contribution in [0.2, 0.25) is 0 Å². The van der Waals surface area contributed by atoms with Crippen LogP contribution in [0.3, 0.4) is 0 Å². The second-order valence-electron chi connectivity index (χ2n) is 16.3. The Bertz CT molecular complexity index is 732. The Balaban J connectivity index is 0. The zero-order chi connectivity index (χ0) is 40.0. The number of esters is 2. The van der Waals surface area contributed by atoms with Gasteiger partial charge in [0.05, 0.1) is 19.8 Å². The molecule has 6 heteroatoms. The Labute approximate surface area is 338 Å². The van der Waals surface area contributed by atoms with Gasteiger partial charge in [-0.05, 0) is 64.0 Å². The molecule has 0 aromatic carbocycles. The standard InChI is InChI=1S/C24H49NO3.C24H48O2/c1-3-5-7-8-9-10-11-12-13-17-23-28-24(27)18-15-14-16-20-25(21-22-26)19-6-4-2;1-4-7-10-12-14-16-18-20-23(19-17-15-13-11-8-5-2)22-26-24(25)21-9-6-3/h26H,3-23H2,1-2H3;23H,4-22H2,1-3H3. The molecule has 0 aliphatic rings. The number of nitrogens with zero attached hydrogens (tertiary/aromatic N) is 1. The lowest BCUT2D eigenvalue weighted by Crippen LogP contribution is -2.29. The Morgan fingerprint density at radius 1 is 0.426 bits per heavy atom. The third-order valence-corrected chi connectivity index (χ3v) is 10.8. The molecule has 0 aliphatic carbocycles. The monoisotopic (exact) mass is 768 g/mol. The molecule has 0 aliphatic heterocycles. The van der Waals surface area contributed by atoms with Gasteiger partial charge in [0, 0.05) is 19.4 Å². The second kappa shape index (κ2) is 48.0. The number of aliphatic hydroxyl groups is 1. The number of carbonyl (C=O) groups is 2. The molecule has 324 valence electrons. The van der Waals surface area contributed by atoms with Crippen LogP contribution < -0.4 is 0 Å². The van der Waals surface area contributed by atoms with Crippen LogP contribution in [0, 0.1) is 5.92 Å². The number of hydrogen-bond acceptors (Lipinski definition) is 6. The average molecular weight is 768 g/mol. The molecular formula is C48H97NO5. The molecule has 0 amide bonds. The van der Waals surface area contributed by atoms with Crippen molar-refractivity contribution in [1.29, 1.82) is 0 Å². The number of unbranched alkanes of at least 4 members (excludes halogenated alkanes) is 24. The highest BCUT2D eigenvalue weighted by Crippen LogP contribution is 2.20. The molecule has 0 rings (SSSR count). The molecule has 0 radical (unpaired) electrons. The number of ether oxygens (including phenoxy) is 2. The van der Waals surface area contributed by atoms with E-state index >= 15 is 0 Å². The minimum absolute atomic E-state index is 0.0133. The van der Waals surface area contributed by atoms with Gasteiger partial charge in [-0.1, -0.05) is 195 Å². The number of carbonyl (C=O) groups excluding carboxylic acids is 2. The molecule has 0 saturated carbocycles. The molecule has 1 unspecified atom stereocenters. The highest BCUT2D eigenvalue weighted by Gasteiger charge is 2.12.